The Morgan fingerprint density at radius 2 is 1.80 bits per heavy atom. The van der Waals surface area contributed by atoms with Gasteiger partial charge in [-0.15, -0.1) is 5.10 Å². The molecule has 2 aromatic rings. The number of phosphoric acid groups is 3. The van der Waals surface area contributed by atoms with Gasteiger partial charge in [-0.05, 0) is 12.8 Å². The van der Waals surface area contributed by atoms with Crippen molar-refractivity contribution in [3.63, 3.8) is 0 Å². The molecule has 3 heterocycles. The van der Waals surface area contributed by atoms with E-state index in [9.17, 15) is 43.0 Å². The summed E-state index contributed by atoms with van der Waals surface area (Å²) in [6.07, 6.45) is -1.04. The lowest BCUT2D eigenvalue weighted by atomic mass is 10.2. The zero-order chi connectivity index (χ0) is 29.9. The van der Waals surface area contributed by atoms with Crippen molar-refractivity contribution in [3.8, 4) is 11.3 Å². The van der Waals surface area contributed by atoms with E-state index in [0.717, 1.165) is 10.8 Å². The molecule has 0 radical (unpaired) electrons. The van der Waals surface area contributed by atoms with Gasteiger partial charge in [0.1, 0.15) is 18.0 Å². The summed E-state index contributed by atoms with van der Waals surface area (Å²) in [7, 11) is -16.8. The van der Waals surface area contributed by atoms with Gasteiger partial charge in [0, 0.05) is 25.6 Å². The van der Waals surface area contributed by atoms with Gasteiger partial charge in [0.15, 0.2) is 0 Å². The first-order valence-corrected chi connectivity index (χ1v) is 15.6. The van der Waals surface area contributed by atoms with E-state index in [1.807, 2.05) is 0 Å². The van der Waals surface area contributed by atoms with Gasteiger partial charge in [-0.2, -0.15) is 8.62 Å². The van der Waals surface area contributed by atoms with Gasteiger partial charge in [-0.3, -0.25) is 28.3 Å². The van der Waals surface area contributed by atoms with E-state index in [4.69, 9.17) is 19.6 Å². The van der Waals surface area contributed by atoms with Crippen molar-refractivity contribution in [2.75, 3.05) is 6.61 Å². The SMILES string of the molecule is O=C(O)CCCCn1cc(-c2cn(C3C[C@H](O)[C@@H](COP(=O)(O)OP(=O)(O)OP(=O)(O)O)O3)c(=O)[nH]c2=O)nn1. The first kappa shape index (κ1) is 32.1. The normalized spacial score (nSPS) is 22.6. The molecular weight excluding hydrogens is 611 g/mol. The molecule has 0 spiro atoms. The molecule has 1 aliphatic heterocycles. The lowest BCUT2D eigenvalue weighted by Crippen LogP contribution is -2.33. The van der Waals surface area contributed by atoms with Crippen LogP contribution in [-0.4, -0.2) is 79.1 Å². The van der Waals surface area contributed by atoms with Gasteiger partial charge in [-0.25, -0.2) is 18.5 Å². The van der Waals surface area contributed by atoms with Crippen molar-refractivity contribution in [2.45, 2.75) is 50.7 Å². The Hall–Kier alpha value is -2.38. The summed E-state index contributed by atoms with van der Waals surface area (Å²) in [6, 6.07) is 0. The highest BCUT2D eigenvalue weighted by molar-refractivity contribution is 7.66. The molecule has 40 heavy (non-hydrogen) atoms. The van der Waals surface area contributed by atoms with Crippen molar-refractivity contribution >= 4 is 29.4 Å². The summed E-state index contributed by atoms with van der Waals surface area (Å²) < 4.78 is 53.4. The molecule has 0 amide bonds. The summed E-state index contributed by atoms with van der Waals surface area (Å²) in [4.78, 5) is 73.4. The minimum absolute atomic E-state index is 0.0262. The van der Waals surface area contributed by atoms with Crippen LogP contribution in [0.15, 0.2) is 22.0 Å². The number of carbonyl (C=O) groups is 1. The molecule has 0 aromatic carbocycles. The molecule has 1 saturated heterocycles. The van der Waals surface area contributed by atoms with Crippen LogP contribution < -0.4 is 11.2 Å². The zero-order valence-corrected chi connectivity index (χ0v) is 22.7. The molecule has 7 N–H and O–H groups in total. The van der Waals surface area contributed by atoms with Crippen LogP contribution in [0.1, 0.15) is 31.9 Å². The number of hydrogen-bond donors (Lipinski definition) is 7. The molecule has 2 aromatic heterocycles. The lowest BCUT2D eigenvalue weighted by molar-refractivity contribution is -0.137. The highest BCUT2D eigenvalue weighted by atomic mass is 31.3. The highest BCUT2D eigenvalue weighted by Gasteiger charge is 2.43. The first-order valence-electron chi connectivity index (χ1n) is 11.0. The zero-order valence-electron chi connectivity index (χ0n) is 20.0. The van der Waals surface area contributed by atoms with E-state index >= 15 is 0 Å². The van der Waals surface area contributed by atoms with Crippen LogP contribution in [0, 0.1) is 0 Å². The van der Waals surface area contributed by atoms with Gasteiger partial charge in [0.05, 0.1) is 24.5 Å². The molecule has 1 aliphatic rings. The van der Waals surface area contributed by atoms with Crippen LogP contribution in [0.2, 0.25) is 0 Å². The second kappa shape index (κ2) is 12.6. The van der Waals surface area contributed by atoms with E-state index in [1.165, 1.54) is 10.9 Å². The number of aliphatic carboxylic acids is 1. The van der Waals surface area contributed by atoms with E-state index in [1.54, 1.807) is 0 Å². The third kappa shape index (κ3) is 9.34. The number of aromatic amines is 1. The van der Waals surface area contributed by atoms with Crippen molar-refractivity contribution in [3.05, 3.63) is 33.2 Å². The Bertz CT molecular complexity index is 1480. The monoisotopic (exact) mass is 635 g/mol. The van der Waals surface area contributed by atoms with Gasteiger partial charge >= 0.3 is 35.1 Å². The van der Waals surface area contributed by atoms with Gasteiger partial charge < -0.3 is 34.5 Å². The number of aryl methyl sites for hydroxylation is 1. The highest BCUT2D eigenvalue weighted by Crippen LogP contribution is 2.66. The number of aliphatic hydroxyl groups is 1. The number of carboxylic acid groups (broad SMARTS) is 1. The third-order valence-electron chi connectivity index (χ3n) is 5.14. The number of hydrogen-bond acceptors (Lipinski definition) is 13. The molecule has 0 bridgehead atoms. The molecule has 5 atom stereocenters. The molecule has 1 fully saturated rings. The minimum atomic E-state index is -5.75. The van der Waals surface area contributed by atoms with Crippen molar-refractivity contribution in [2.24, 2.45) is 0 Å². The summed E-state index contributed by atoms with van der Waals surface area (Å²) in [6.45, 7) is -0.643. The van der Waals surface area contributed by atoms with Crippen LogP contribution in [0.3, 0.4) is 0 Å². The quantitative estimate of drug-likeness (QED) is 0.0971. The second-order valence-corrected chi connectivity index (χ2v) is 12.7. The molecular formula is C16H24N5O16P3. The number of carboxylic acids is 1. The smallest absolute Gasteiger partial charge is 0.481 e. The molecule has 3 unspecified atom stereocenters. The number of ether oxygens (including phenoxy) is 1. The van der Waals surface area contributed by atoms with Crippen LogP contribution in [0.25, 0.3) is 11.3 Å². The Balaban J connectivity index is 1.68. The number of aliphatic hydroxyl groups excluding tert-OH is 1. The average molecular weight is 635 g/mol. The minimum Gasteiger partial charge on any atom is -0.481 e. The molecule has 24 heteroatoms. The van der Waals surface area contributed by atoms with Crippen LogP contribution in [0.4, 0.5) is 0 Å². The molecule has 0 aliphatic carbocycles. The lowest BCUT2D eigenvalue weighted by Gasteiger charge is -2.19. The van der Waals surface area contributed by atoms with Crippen molar-refractivity contribution in [1.29, 1.82) is 0 Å². The molecule has 0 saturated carbocycles. The number of aromatic nitrogens is 5. The van der Waals surface area contributed by atoms with E-state index in [0.29, 0.717) is 19.4 Å². The Labute approximate surface area is 222 Å². The second-order valence-electron chi connectivity index (χ2n) is 8.25. The first-order chi connectivity index (χ1) is 18.4. The Kier molecular flexibility index (Phi) is 10.2. The maximum absolute atomic E-state index is 12.4. The maximum Gasteiger partial charge on any atom is 0.490 e. The van der Waals surface area contributed by atoms with E-state index in [-0.39, 0.29) is 24.1 Å². The van der Waals surface area contributed by atoms with E-state index in [2.05, 4.69) is 28.4 Å². The number of nitrogens with one attached hydrogen (secondary N) is 1. The van der Waals surface area contributed by atoms with Crippen LogP contribution in [0.5, 0.6) is 0 Å². The standard InChI is InChI=1S/C16H24N5O16P3/c22-11-5-13(35-12(11)8-34-39(30,31)37-40(32,33)36-38(27,28)29)21-6-9(15(25)17-16(21)26)10-7-20(19-18-10)4-2-1-3-14(23)24/h6-7,11-13,22H,1-5,8H2,(H,23,24)(H,30,31)(H,32,33)(H,17,25,26)(H2,27,28,29)/t11-,12+,13?/m0/s1. The van der Waals surface area contributed by atoms with E-state index < -0.39 is 65.7 Å². The number of nitrogens with zero attached hydrogens (tertiary/aromatic N) is 4. The summed E-state index contributed by atoms with van der Waals surface area (Å²) >= 11 is 0. The van der Waals surface area contributed by atoms with Crippen LogP contribution >= 0.6 is 23.5 Å². The summed E-state index contributed by atoms with van der Waals surface area (Å²) in [5.74, 6) is -0.941. The van der Waals surface area contributed by atoms with Gasteiger partial charge in [0.2, 0.25) is 0 Å². The fourth-order valence-corrected chi connectivity index (χ4v) is 6.50. The maximum atomic E-state index is 12.4. The molecule has 224 valence electrons. The van der Waals surface area contributed by atoms with Crippen molar-refractivity contribution in [1.82, 2.24) is 24.5 Å². The average Bonchev–Trinajstić information content (AvgIpc) is 3.39. The number of rotatable bonds is 14. The molecule has 21 nitrogen and oxygen atoms in total. The Morgan fingerprint density at radius 3 is 2.45 bits per heavy atom. The van der Waals surface area contributed by atoms with Crippen LogP contribution in [-0.2, 0) is 42.9 Å². The fourth-order valence-electron chi connectivity index (χ4n) is 3.47. The topological polar surface area (TPSA) is 312 Å². The predicted octanol–water partition coefficient (Wildman–Crippen LogP) is -0.958. The number of unbranched alkanes of at least 4 members (excludes halogenated alkanes) is 1. The number of phosphoric ester groups is 1. The predicted molar refractivity (Wildman–Crippen MR) is 126 cm³/mol. The fraction of sp³-hybridized carbons (Fsp3) is 0.562. The number of H-pyrrole nitrogens is 1. The third-order valence-corrected chi connectivity index (χ3v) is 8.95. The summed E-state index contributed by atoms with van der Waals surface area (Å²) in [5.41, 5.74) is -1.80. The largest absolute Gasteiger partial charge is 0.490 e. The van der Waals surface area contributed by atoms with Gasteiger partial charge in [0.25, 0.3) is 5.56 Å². The molecule has 3 rings (SSSR count). The van der Waals surface area contributed by atoms with Gasteiger partial charge in [-0.1, -0.05) is 5.21 Å². The summed E-state index contributed by atoms with van der Waals surface area (Å²) in [5, 5.41) is 26.7. The van der Waals surface area contributed by atoms with Crippen molar-refractivity contribution < 1.29 is 66.2 Å². The Morgan fingerprint density at radius 1 is 1.10 bits per heavy atom.